The van der Waals surface area contributed by atoms with E-state index in [0.717, 1.165) is 26.9 Å². The lowest BCUT2D eigenvalue weighted by molar-refractivity contribution is -0.123. The second-order valence-electron chi connectivity index (χ2n) is 5.82. The van der Waals surface area contributed by atoms with Crippen LogP contribution in [0.5, 0.6) is 0 Å². The Hall–Kier alpha value is -2.14. The van der Waals surface area contributed by atoms with Crippen LogP contribution in [0.2, 0.25) is 0 Å². The topological polar surface area (TPSA) is 55.4 Å². The average molecular weight is 390 g/mol. The second-order valence-corrected chi connectivity index (χ2v) is 6.74. The van der Waals surface area contributed by atoms with Crippen molar-refractivity contribution in [2.24, 2.45) is 0 Å². The molecule has 0 fully saturated rings. The first-order valence-electron chi connectivity index (χ1n) is 7.63. The molecule has 4 nitrogen and oxygen atoms in total. The van der Waals surface area contributed by atoms with Gasteiger partial charge in [0.15, 0.2) is 6.10 Å². The van der Waals surface area contributed by atoms with E-state index in [1.807, 2.05) is 39.0 Å². The number of esters is 1. The SMILES string of the molecule is Cc1cc(C)c(NC(=O)[C@@H](C)OC(=O)c2cccc(Br)c2)c(C)c1. The van der Waals surface area contributed by atoms with E-state index in [2.05, 4.69) is 21.2 Å². The van der Waals surface area contributed by atoms with Crippen molar-refractivity contribution in [3.05, 3.63) is 63.1 Å². The molecule has 0 bridgehead atoms. The quantitative estimate of drug-likeness (QED) is 0.779. The Labute approximate surface area is 150 Å². The predicted octanol–water partition coefficient (Wildman–Crippen LogP) is 4.56. The van der Waals surface area contributed by atoms with Crippen molar-refractivity contribution in [2.75, 3.05) is 5.32 Å². The van der Waals surface area contributed by atoms with Crippen molar-refractivity contribution in [2.45, 2.75) is 33.8 Å². The maximum Gasteiger partial charge on any atom is 0.338 e. The van der Waals surface area contributed by atoms with Crippen LogP contribution in [0.4, 0.5) is 5.69 Å². The zero-order valence-corrected chi connectivity index (χ0v) is 15.7. The summed E-state index contributed by atoms with van der Waals surface area (Å²) in [6.45, 7) is 7.44. The maximum absolute atomic E-state index is 12.3. The van der Waals surface area contributed by atoms with E-state index in [4.69, 9.17) is 4.74 Å². The molecule has 2 aromatic rings. The van der Waals surface area contributed by atoms with Crippen LogP contribution in [0.3, 0.4) is 0 Å². The molecule has 2 rings (SSSR count). The van der Waals surface area contributed by atoms with Gasteiger partial charge in [-0.1, -0.05) is 39.7 Å². The monoisotopic (exact) mass is 389 g/mol. The van der Waals surface area contributed by atoms with Gasteiger partial charge < -0.3 is 10.1 Å². The zero-order chi connectivity index (χ0) is 17.9. The highest BCUT2D eigenvalue weighted by atomic mass is 79.9. The van der Waals surface area contributed by atoms with Gasteiger partial charge in [-0.2, -0.15) is 0 Å². The summed E-state index contributed by atoms with van der Waals surface area (Å²) < 4.78 is 6.03. The van der Waals surface area contributed by atoms with Gasteiger partial charge in [-0.15, -0.1) is 0 Å². The molecular formula is C19H20BrNO3. The van der Waals surface area contributed by atoms with Crippen molar-refractivity contribution >= 4 is 33.5 Å². The number of nitrogens with one attached hydrogen (secondary N) is 1. The Morgan fingerprint density at radius 3 is 2.29 bits per heavy atom. The number of rotatable bonds is 4. The molecule has 0 aliphatic carbocycles. The smallest absolute Gasteiger partial charge is 0.338 e. The number of hydrogen-bond donors (Lipinski definition) is 1. The first kappa shape index (κ1) is 18.2. The number of carbonyl (C=O) groups excluding carboxylic acids is 2. The van der Waals surface area contributed by atoms with Crippen LogP contribution in [0, 0.1) is 20.8 Å². The zero-order valence-electron chi connectivity index (χ0n) is 14.1. The van der Waals surface area contributed by atoms with Gasteiger partial charge >= 0.3 is 5.97 Å². The van der Waals surface area contributed by atoms with Crippen molar-refractivity contribution in [3.8, 4) is 0 Å². The van der Waals surface area contributed by atoms with Gasteiger partial charge in [0.05, 0.1) is 5.56 Å². The molecule has 0 aliphatic rings. The lowest BCUT2D eigenvalue weighted by Gasteiger charge is -2.17. The summed E-state index contributed by atoms with van der Waals surface area (Å²) in [5.74, 6) is -0.885. The van der Waals surface area contributed by atoms with E-state index >= 15 is 0 Å². The van der Waals surface area contributed by atoms with E-state index in [-0.39, 0.29) is 5.91 Å². The van der Waals surface area contributed by atoms with Crippen molar-refractivity contribution in [3.63, 3.8) is 0 Å². The fourth-order valence-corrected chi connectivity index (χ4v) is 2.90. The molecule has 1 atom stereocenters. The van der Waals surface area contributed by atoms with Crippen LogP contribution >= 0.6 is 15.9 Å². The number of hydrogen-bond acceptors (Lipinski definition) is 3. The molecule has 0 radical (unpaired) electrons. The highest BCUT2D eigenvalue weighted by Crippen LogP contribution is 2.22. The Balaban J connectivity index is 2.06. The lowest BCUT2D eigenvalue weighted by atomic mass is 10.0. The number of amides is 1. The molecule has 0 heterocycles. The number of benzene rings is 2. The summed E-state index contributed by atoms with van der Waals surface area (Å²) in [5, 5.41) is 2.85. The molecule has 0 aliphatic heterocycles. The van der Waals surface area contributed by atoms with Crippen LogP contribution in [-0.4, -0.2) is 18.0 Å². The second kappa shape index (κ2) is 7.62. The molecule has 1 N–H and O–H groups in total. The molecule has 0 aromatic heterocycles. The third-order valence-corrected chi connectivity index (χ3v) is 4.13. The van der Waals surface area contributed by atoms with E-state index in [0.29, 0.717) is 5.56 Å². The van der Waals surface area contributed by atoms with Crippen molar-refractivity contribution in [1.29, 1.82) is 0 Å². The number of ether oxygens (including phenoxy) is 1. The highest BCUT2D eigenvalue weighted by Gasteiger charge is 2.20. The molecular weight excluding hydrogens is 370 g/mol. The predicted molar refractivity (Wildman–Crippen MR) is 98.3 cm³/mol. The summed E-state index contributed by atoms with van der Waals surface area (Å²) in [6.07, 6.45) is -0.892. The number of anilines is 1. The van der Waals surface area contributed by atoms with Gasteiger partial charge in [-0.25, -0.2) is 4.79 Å². The normalized spacial score (nSPS) is 11.7. The first-order valence-corrected chi connectivity index (χ1v) is 8.42. The number of aryl methyl sites for hydroxylation is 3. The molecule has 0 spiro atoms. The van der Waals surface area contributed by atoms with Gasteiger partial charge in [-0.3, -0.25) is 4.79 Å². The van der Waals surface area contributed by atoms with Gasteiger partial charge in [-0.05, 0) is 57.0 Å². The largest absolute Gasteiger partial charge is 0.449 e. The molecule has 1 amide bonds. The third kappa shape index (κ3) is 4.45. The van der Waals surface area contributed by atoms with Crippen LogP contribution in [-0.2, 0) is 9.53 Å². The van der Waals surface area contributed by atoms with E-state index < -0.39 is 12.1 Å². The Bertz CT molecular complexity index is 763. The summed E-state index contributed by atoms with van der Waals surface area (Å²) in [5.41, 5.74) is 4.25. The Kier molecular flexibility index (Phi) is 5.78. The lowest BCUT2D eigenvalue weighted by Crippen LogP contribution is -2.30. The minimum absolute atomic E-state index is 0.353. The number of carbonyl (C=O) groups is 2. The molecule has 0 saturated heterocycles. The fourth-order valence-electron chi connectivity index (χ4n) is 2.50. The number of halogens is 1. The van der Waals surface area contributed by atoms with Crippen LogP contribution in [0.15, 0.2) is 40.9 Å². The van der Waals surface area contributed by atoms with Gasteiger partial charge in [0, 0.05) is 10.2 Å². The van der Waals surface area contributed by atoms with Crippen molar-refractivity contribution < 1.29 is 14.3 Å². The molecule has 5 heteroatoms. The Morgan fingerprint density at radius 2 is 1.71 bits per heavy atom. The summed E-state index contributed by atoms with van der Waals surface area (Å²) >= 11 is 3.30. The van der Waals surface area contributed by atoms with Gasteiger partial charge in [0.2, 0.25) is 0 Å². The summed E-state index contributed by atoms with van der Waals surface area (Å²) in [7, 11) is 0. The van der Waals surface area contributed by atoms with E-state index in [1.54, 1.807) is 25.1 Å². The standard InChI is InChI=1S/C19H20BrNO3/c1-11-8-12(2)17(13(3)9-11)21-18(22)14(4)24-19(23)15-6-5-7-16(20)10-15/h5-10,14H,1-4H3,(H,21,22)/t14-/m1/s1. The van der Waals surface area contributed by atoms with E-state index in [9.17, 15) is 9.59 Å². The summed E-state index contributed by atoms with van der Waals surface area (Å²) in [6, 6.07) is 10.9. The molecule has 0 unspecified atom stereocenters. The maximum atomic E-state index is 12.3. The molecule has 126 valence electrons. The minimum atomic E-state index is -0.892. The first-order chi connectivity index (χ1) is 11.3. The van der Waals surface area contributed by atoms with Gasteiger partial charge in [0.25, 0.3) is 5.91 Å². The molecule has 0 saturated carbocycles. The molecule has 2 aromatic carbocycles. The van der Waals surface area contributed by atoms with Crippen LogP contribution in [0.25, 0.3) is 0 Å². The molecule has 24 heavy (non-hydrogen) atoms. The van der Waals surface area contributed by atoms with Crippen LogP contribution in [0.1, 0.15) is 34.0 Å². The summed E-state index contributed by atoms with van der Waals surface area (Å²) in [4.78, 5) is 24.5. The highest BCUT2D eigenvalue weighted by molar-refractivity contribution is 9.10. The third-order valence-electron chi connectivity index (χ3n) is 3.64. The minimum Gasteiger partial charge on any atom is -0.449 e. The van der Waals surface area contributed by atoms with Gasteiger partial charge in [0.1, 0.15) is 0 Å². The Morgan fingerprint density at radius 1 is 1.08 bits per heavy atom. The fraction of sp³-hybridized carbons (Fsp3) is 0.263. The average Bonchev–Trinajstić information content (AvgIpc) is 2.50. The van der Waals surface area contributed by atoms with E-state index in [1.165, 1.54) is 0 Å². The van der Waals surface area contributed by atoms with Crippen molar-refractivity contribution in [1.82, 2.24) is 0 Å². The van der Waals surface area contributed by atoms with Crippen LogP contribution < -0.4 is 5.32 Å².